The Hall–Kier alpha value is -1.17. The molecule has 0 radical (unpaired) electrons. The van der Waals surface area contributed by atoms with E-state index < -0.39 is 9.84 Å². The monoisotopic (exact) mass is 302 g/mol. The van der Waals surface area contributed by atoms with E-state index in [9.17, 15) is 8.42 Å². The molecule has 0 unspecified atom stereocenters. The zero-order chi connectivity index (χ0) is 13.3. The second kappa shape index (κ2) is 4.84. The van der Waals surface area contributed by atoms with Crippen molar-refractivity contribution in [2.75, 3.05) is 0 Å². The van der Waals surface area contributed by atoms with Gasteiger partial charge in [0.15, 0.2) is 5.15 Å². The van der Waals surface area contributed by atoms with Gasteiger partial charge in [0.25, 0.3) is 5.16 Å². The van der Waals surface area contributed by atoms with Gasteiger partial charge in [0.2, 0.25) is 9.84 Å². The first-order valence-electron chi connectivity index (χ1n) is 4.92. The van der Waals surface area contributed by atoms with E-state index in [1.54, 1.807) is 25.1 Å². The minimum Gasteiger partial charge on any atom is -0.222 e. The first-order valence-corrected chi connectivity index (χ1v) is 7.16. The van der Waals surface area contributed by atoms with Crippen LogP contribution in [0.1, 0.15) is 5.69 Å². The number of benzene rings is 1. The third kappa shape index (κ3) is 2.34. The Morgan fingerprint density at radius 1 is 1.06 bits per heavy atom. The highest BCUT2D eigenvalue weighted by Gasteiger charge is 2.23. The van der Waals surface area contributed by atoms with Crippen LogP contribution in [0.25, 0.3) is 0 Å². The lowest BCUT2D eigenvalue weighted by Crippen LogP contribution is -2.08. The molecule has 0 bridgehead atoms. The van der Waals surface area contributed by atoms with E-state index in [1.165, 1.54) is 12.1 Å². The van der Waals surface area contributed by atoms with Gasteiger partial charge in [-0.15, -0.1) is 0 Å². The number of aromatic nitrogens is 2. The predicted molar refractivity (Wildman–Crippen MR) is 68.7 cm³/mol. The van der Waals surface area contributed by atoms with Crippen LogP contribution in [-0.2, 0) is 9.84 Å². The van der Waals surface area contributed by atoms with Crippen LogP contribution in [0, 0.1) is 6.92 Å². The van der Waals surface area contributed by atoms with Crippen molar-refractivity contribution in [2.24, 2.45) is 0 Å². The molecule has 0 aliphatic rings. The SMILES string of the molecule is Cc1nc(S(=O)(=O)c2ccccc2)nc(Cl)c1Cl. The van der Waals surface area contributed by atoms with E-state index in [2.05, 4.69) is 9.97 Å². The number of halogens is 2. The Labute approximate surface area is 115 Å². The molecule has 18 heavy (non-hydrogen) atoms. The molecule has 1 aromatic heterocycles. The minimum atomic E-state index is -3.77. The quantitative estimate of drug-likeness (QED) is 0.632. The highest BCUT2D eigenvalue weighted by atomic mass is 35.5. The van der Waals surface area contributed by atoms with Crippen molar-refractivity contribution in [3.8, 4) is 0 Å². The summed E-state index contributed by atoms with van der Waals surface area (Å²) in [6.45, 7) is 1.57. The molecule has 0 N–H and O–H groups in total. The lowest BCUT2D eigenvalue weighted by Gasteiger charge is -2.05. The highest BCUT2D eigenvalue weighted by molar-refractivity contribution is 7.91. The van der Waals surface area contributed by atoms with Crippen LogP contribution in [0.5, 0.6) is 0 Å². The van der Waals surface area contributed by atoms with Crippen LogP contribution in [0.4, 0.5) is 0 Å². The summed E-state index contributed by atoms with van der Waals surface area (Å²) in [6, 6.07) is 7.90. The molecule has 2 rings (SSSR count). The van der Waals surface area contributed by atoms with Crippen LogP contribution in [0.2, 0.25) is 10.2 Å². The van der Waals surface area contributed by atoms with Crippen molar-refractivity contribution in [2.45, 2.75) is 17.0 Å². The van der Waals surface area contributed by atoms with Gasteiger partial charge in [-0.25, -0.2) is 18.4 Å². The zero-order valence-electron chi connectivity index (χ0n) is 9.26. The fourth-order valence-electron chi connectivity index (χ4n) is 1.33. The first kappa shape index (κ1) is 13.3. The number of hydrogen-bond donors (Lipinski definition) is 0. The standard InChI is InChI=1S/C11H8Cl2N2O2S/c1-7-9(12)10(13)15-11(14-7)18(16,17)8-5-3-2-4-6-8/h2-6H,1H3. The van der Waals surface area contributed by atoms with E-state index in [-0.39, 0.29) is 20.2 Å². The van der Waals surface area contributed by atoms with Crippen molar-refractivity contribution in [3.63, 3.8) is 0 Å². The van der Waals surface area contributed by atoms with Crippen molar-refractivity contribution < 1.29 is 8.42 Å². The molecular weight excluding hydrogens is 295 g/mol. The van der Waals surface area contributed by atoms with E-state index >= 15 is 0 Å². The molecule has 0 saturated carbocycles. The van der Waals surface area contributed by atoms with Crippen molar-refractivity contribution in [1.29, 1.82) is 0 Å². The lowest BCUT2D eigenvalue weighted by molar-refractivity contribution is 0.586. The summed E-state index contributed by atoms with van der Waals surface area (Å²) in [4.78, 5) is 7.70. The second-order valence-corrected chi connectivity index (χ2v) is 6.09. The summed E-state index contributed by atoms with van der Waals surface area (Å²) < 4.78 is 24.4. The maximum atomic E-state index is 12.2. The molecule has 4 nitrogen and oxygen atoms in total. The maximum absolute atomic E-state index is 12.2. The molecule has 0 saturated heterocycles. The summed E-state index contributed by atoms with van der Waals surface area (Å²) in [5, 5.41) is -0.261. The summed E-state index contributed by atoms with van der Waals surface area (Å²) in [7, 11) is -3.77. The average molecular weight is 303 g/mol. The molecule has 94 valence electrons. The lowest BCUT2D eigenvalue weighted by atomic mass is 10.4. The zero-order valence-corrected chi connectivity index (χ0v) is 11.6. The summed E-state index contributed by atoms with van der Waals surface area (Å²) in [6.07, 6.45) is 0. The molecule has 0 atom stereocenters. The second-order valence-electron chi connectivity index (χ2n) is 3.51. The fraction of sp³-hybridized carbons (Fsp3) is 0.0909. The van der Waals surface area contributed by atoms with Crippen molar-refractivity contribution in [1.82, 2.24) is 9.97 Å². The van der Waals surface area contributed by atoms with Gasteiger partial charge in [-0.1, -0.05) is 41.4 Å². The number of nitrogens with zero attached hydrogens (tertiary/aromatic N) is 2. The van der Waals surface area contributed by atoms with Crippen molar-refractivity contribution in [3.05, 3.63) is 46.2 Å². The molecule has 2 aromatic rings. The van der Waals surface area contributed by atoms with Crippen LogP contribution in [-0.4, -0.2) is 18.4 Å². The number of aryl methyl sites for hydroxylation is 1. The molecule has 1 aromatic carbocycles. The summed E-state index contributed by atoms with van der Waals surface area (Å²) >= 11 is 11.6. The van der Waals surface area contributed by atoms with Gasteiger partial charge in [-0.3, -0.25) is 0 Å². The molecule has 0 spiro atoms. The van der Waals surface area contributed by atoms with Gasteiger partial charge in [-0.2, -0.15) is 0 Å². The Bertz CT molecular complexity index is 664. The Kier molecular flexibility index (Phi) is 3.56. The van der Waals surface area contributed by atoms with E-state index in [0.29, 0.717) is 5.69 Å². The van der Waals surface area contributed by atoms with E-state index in [0.717, 1.165) is 0 Å². The molecule has 0 aliphatic heterocycles. The first-order chi connectivity index (χ1) is 8.43. The van der Waals surface area contributed by atoms with E-state index in [4.69, 9.17) is 23.2 Å². The number of hydrogen-bond acceptors (Lipinski definition) is 4. The minimum absolute atomic E-state index is 0.0707. The Morgan fingerprint density at radius 3 is 2.22 bits per heavy atom. The fourth-order valence-corrected chi connectivity index (χ4v) is 2.87. The Morgan fingerprint density at radius 2 is 1.67 bits per heavy atom. The average Bonchev–Trinajstić information content (AvgIpc) is 2.36. The van der Waals surface area contributed by atoms with Gasteiger partial charge >= 0.3 is 0 Å². The topological polar surface area (TPSA) is 59.9 Å². The highest BCUT2D eigenvalue weighted by Crippen LogP contribution is 2.25. The van der Waals surface area contributed by atoms with Gasteiger partial charge in [0, 0.05) is 0 Å². The van der Waals surface area contributed by atoms with Crippen molar-refractivity contribution >= 4 is 33.0 Å². The largest absolute Gasteiger partial charge is 0.253 e. The molecule has 7 heteroatoms. The molecular formula is C11H8Cl2N2O2S. The predicted octanol–water partition coefficient (Wildman–Crippen LogP) is 2.92. The molecule has 1 heterocycles. The molecule has 0 aliphatic carbocycles. The van der Waals surface area contributed by atoms with Crippen LogP contribution in [0.15, 0.2) is 40.4 Å². The molecule has 0 fully saturated rings. The maximum Gasteiger partial charge on any atom is 0.253 e. The van der Waals surface area contributed by atoms with Gasteiger partial charge in [0.1, 0.15) is 0 Å². The van der Waals surface area contributed by atoms with Crippen LogP contribution >= 0.6 is 23.2 Å². The van der Waals surface area contributed by atoms with Gasteiger partial charge in [0.05, 0.1) is 15.6 Å². The summed E-state index contributed by atoms with van der Waals surface area (Å²) in [5.41, 5.74) is 0.325. The van der Waals surface area contributed by atoms with E-state index in [1.807, 2.05) is 0 Å². The van der Waals surface area contributed by atoms with Gasteiger partial charge in [-0.05, 0) is 19.1 Å². The number of rotatable bonds is 2. The third-order valence-corrected chi connectivity index (χ3v) is 4.63. The normalized spacial score (nSPS) is 11.5. The third-order valence-electron chi connectivity index (χ3n) is 2.25. The summed E-state index contributed by atoms with van der Waals surface area (Å²) in [5.74, 6) is 0. The Balaban J connectivity index is 2.63. The molecule has 0 amide bonds. The van der Waals surface area contributed by atoms with Gasteiger partial charge < -0.3 is 0 Å². The smallest absolute Gasteiger partial charge is 0.222 e. The van der Waals surface area contributed by atoms with Crippen LogP contribution < -0.4 is 0 Å². The van der Waals surface area contributed by atoms with Crippen LogP contribution in [0.3, 0.4) is 0 Å². The number of sulfone groups is 1.